The average molecular weight is 154 g/mol. The van der Waals surface area contributed by atoms with Gasteiger partial charge in [-0.05, 0) is 19.8 Å². The summed E-state index contributed by atoms with van der Waals surface area (Å²) in [5.41, 5.74) is 0. The van der Waals surface area contributed by atoms with Crippen molar-refractivity contribution < 1.29 is 0 Å². The van der Waals surface area contributed by atoms with Gasteiger partial charge in [-0.3, -0.25) is 0 Å². The fourth-order valence-corrected chi connectivity index (χ4v) is 0.478. The van der Waals surface area contributed by atoms with Crippen molar-refractivity contribution in [1.29, 1.82) is 0 Å². The molecule has 0 saturated carbocycles. The maximum atomic E-state index is 2.18. The van der Waals surface area contributed by atoms with E-state index in [9.17, 15) is 0 Å². The summed E-state index contributed by atoms with van der Waals surface area (Å²) in [4.78, 5) is 0. The Morgan fingerprint density at radius 2 is 1.45 bits per heavy atom. The van der Waals surface area contributed by atoms with Gasteiger partial charge < -0.3 is 0 Å². The van der Waals surface area contributed by atoms with Crippen LogP contribution in [0.1, 0.15) is 47.0 Å². The highest BCUT2D eigenvalue weighted by Gasteiger charge is 1.65. The minimum absolute atomic E-state index is 1.09. The first-order valence-electron chi connectivity index (χ1n) is 4.59. The van der Waals surface area contributed by atoms with Crippen LogP contribution in [0.3, 0.4) is 0 Å². The molecule has 0 amide bonds. The normalized spacial score (nSPS) is 10.2. The molecule has 0 aromatic carbocycles. The number of hydrogen-bond acceptors (Lipinski definition) is 0. The monoisotopic (exact) mass is 154 g/mol. The summed E-state index contributed by atoms with van der Waals surface area (Å²) >= 11 is 0. The zero-order chi connectivity index (χ0) is 8.95. The first-order valence-corrected chi connectivity index (χ1v) is 4.59. The second-order valence-corrected chi connectivity index (χ2v) is 2.39. The van der Waals surface area contributed by atoms with E-state index in [0.29, 0.717) is 0 Å². The topological polar surface area (TPSA) is 0 Å². The van der Waals surface area contributed by atoms with E-state index in [-0.39, 0.29) is 0 Å². The van der Waals surface area contributed by atoms with Gasteiger partial charge in [0, 0.05) is 0 Å². The maximum absolute atomic E-state index is 2.18. The molecular formula is C11H22. The van der Waals surface area contributed by atoms with Gasteiger partial charge in [0.05, 0.1) is 0 Å². The molecule has 11 heavy (non-hydrogen) atoms. The summed E-state index contributed by atoms with van der Waals surface area (Å²) in [6.45, 7) is 8.44. The Hall–Kier alpha value is -0.520. The van der Waals surface area contributed by atoms with E-state index in [1.807, 2.05) is 6.92 Å². The van der Waals surface area contributed by atoms with Crippen molar-refractivity contribution >= 4 is 0 Å². The fourth-order valence-electron chi connectivity index (χ4n) is 0.478. The third-order valence-corrected chi connectivity index (χ3v) is 0.910. The van der Waals surface area contributed by atoms with Gasteiger partial charge in [0.2, 0.25) is 0 Å². The van der Waals surface area contributed by atoms with Crippen molar-refractivity contribution in [1.82, 2.24) is 0 Å². The zero-order valence-corrected chi connectivity index (χ0v) is 8.43. The Labute approximate surface area is 72.0 Å². The lowest BCUT2D eigenvalue weighted by atomic mass is 10.3. The summed E-state index contributed by atoms with van der Waals surface area (Å²) in [7, 11) is 0. The van der Waals surface area contributed by atoms with Crippen LogP contribution >= 0.6 is 0 Å². The van der Waals surface area contributed by atoms with Crippen LogP contribution in [0.15, 0.2) is 24.3 Å². The minimum atomic E-state index is 1.09. The summed E-state index contributed by atoms with van der Waals surface area (Å²) in [6, 6.07) is 0. The Bertz CT molecular complexity index is 88.2. The summed E-state index contributed by atoms with van der Waals surface area (Å²) < 4.78 is 0. The van der Waals surface area contributed by atoms with E-state index in [4.69, 9.17) is 0 Å². The minimum Gasteiger partial charge on any atom is -0.0914 e. The third-order valence-electron chi connectivity index (χ3n) is 0.910. The van der Waals surface area contributed by atoms with Crippen LogP contribution in [0.5, 0.6) is 0 Å². The van der Waals surface area contributed by atoms with Gasteiger partial charge in [0.15, 0.2) is 0 Å². The Kier molecular flexibility index (Phi) is 19.3. The Morgan fingerprint density at radius 1 is 0.909 bits per heavy atom. The second kappa shape index (κ2) is 16.2. The predicted molar refractivity (Wildman–Crippen MR) is 54.8 cm³/mol. The van der Waals surface area contributed by atoms with Gasteiger partial charge in [0.1, 0.15) is 0 Å². The van der Waals surface area contributed by atoms with E-state index in [2.05, 4.69) is 45.1 Å². The molecule has 0 fully saturated rings. The highest BCUT2D eigenvalue weighted by Crippen LogP contribution is 1.86. The first-order chi connectivity index (χ1) is 5.33. The first kappa shape index (κ1) is 13.1. The van der Waals surface area contributed by atoms with Crippen molar-refractivity contribution in [2.24, 2.45) is 0 Å². The molecule has 0 bridgehead atoms. The molecule has 0 unspecified atom stereocenters. The average Bonchev–Trinajstić information content (AvgIpc) is 2.00. The van der Waals surface area contributed by atoms with Gasteiger partial charge >= 0.3 is 0 Å². The third kappa shape index (κ3) is 26.4. The largest absolute Gasteiger partial charge is 0.0914 e. The van der Waals surface area contributed by atoms with E-state index in [1.165, 1.54) is 6.42 Å². The van der Waals surface area contributed by atoms with Crippen LogP contribution in [0, 0.1) is 0 Å². The number of hydrogen-bond donors (Lipinski definition) is 0. The molecule has 66 valence electrons. The fraction of sp³-hybridized carbons (Fsp3) is 0.636. The van der Waals surface area contributed by atoms with Crippen molar-refractivity contribution in [2.45, 2.75) is 47.0 Å². The molecule has 0 aromatic heterocycles. The van der Waals surface area contributed by atoms with Crippen molar-refractivity contribution in [3.63, 3.8) is 0 Å². The summed E-state index contributed by atoms with van der Waals surface area (Å²) in [6.07, 6.45) is 12.1. The standard InChI is InChI=1S/C8H14.C3H8/c1-3-5-7-8-6-4-2;1-3-2/h3,5-6,8H,4,7H2,1-2H3;3H2,1-2H3/b5-3-,8-6-;. The smallest absolute Gasteiger partial charge is 0.0169 e. The lowest BCUT2D eigenvalue weighted by molar-refractivity contribution is 1.09. The number of rotatable bonds is 3. The molecule has 0 aliphatic heterocycles. The molecular weight excluding hydrogens is 132 g/mol. The van der Waals surface area contributed by atoms with Gasteiger partial charge in [-0.25, -0.2) is 0 Å². The van der Waals surface area contributed by atoms with Crippen LogP contribution in [-0.4, -0.2) is 0 Å². The molecule has 0 spiro atoms. The molecule has 0 heterocycles. The molecule has 0 radical (unpaired) electrons. The van der Waals surface area contributed by atoms with Gasteiger partial charge in [-0.2, -0.15) is 0 Å². The van der Waals surface area contributed by atoms with E-state index in [0.717, 1.165) is 12.8 Å². The Morgan fingerprint density at radius 3 is 1.82 bits per heavy atom. The van der Waals surface area contributed by atoms with Crippen molar-refractivity contribution in [3.8, 4) is 0 Å². The lowest BCUT2D eigenvalue weighted by Gasteiger charge is -1.77. The molecule has 0 heteroatoms. The second-order valence-electron chi connectivity index (χ2n) is 2.39. The highest BCUT2D eigenvalue weighted by atomic mass is 13.7. The van der Waals surface area contributed by atoms with Gasteiger partial charge in [-0.15, -0.1) is 0 Å². The summed E-state index contributed by atoms with van der Waals surface area (Å²) in [5, 5.41) is 0. The molecule has 0 saturated heterocycles. The lowest BCUT2D eigenvalue weighted by Crippen LogP contribution is -1.56. The maximum Gasteiger partial charge on any atom is -0.0169 e. The SMILES string of the molecule is C/C=C\C/C=C\CC.CCC. The van der Waals surface area contributed by atoms with Crippen LogP contribution < -0.4 is 0 Å². The van der Waals surface area contributed by atoms with Crippen molar-refractivity contribution in [3.05, 3.63) is 24.3 Å². The van der Waals surface area contributed by atoms with Crippen LogP contribution in [-0.2, 0) is 0 Å². The summed E-state index contributed by atoms with van der Waals surface area (Å²) in [5.74, 6) is 0. The zero-order valence-electron chi connectivity index (χ0n) is 8.43. The van der Waals surface area contributed by atoms with Gasteiger partial charge in [0.25, 0.3) is 0 Å². The Balaban J connectivity index is 0. The molecule has 0 rings (SSSR count). The predicted octanol–water partition coefficient (Wildman–Crippen LogP) is 4.34. The van der Waals surface area contributed by atoms with Crippen LogP contribution in [0.4, 0.5) is 0 Å². The highest BCUT2D eigenvalue weighted by molar-refractivity contribution is 4.90. The van der Waals surface area contributed by atoms with Crippen LogP contribution in [0.2, 0.25) is 0 Å². The molecule has 0 aromatic rings. The quantitative estimate of drug-likeness (QED) is 0.531. The van der Waals surface area contributed by atoms with Crippen molar-refractivity contribution in [2.75, 3.05) is 0 Å². The van der Waals surface area contributed by atoms with Gasteiger partial charge in [-0.1, -0.05) is 51.5 Å². The molecule has 0 aliphatic rings. The molecule has 0 N–H and O–H groups in total. The molecule has 0 atom stereocenters. The van der Waals surface area contributed by atoms with E-state index < -0.39 is 0 Å². The van der Waals surface area contributed by atoms with E-state index >= 15 is 0 Å². The molecule has 0 aliphatic carbocycles. The molecule has 0 nitrogen and oxygen atoms in total. The van der Waals surface area contributed by atoms with E-state index in [1.54, 1.807) is 0 Å². The number of allylic oxidation sites excluding steroid dienone is 4. The van der Waals surface area contributed by atoms with Crippen LogP contribution in [0.25, 0.3) is 0 Å².